The van der Waals surface area contributed by atoms with Gasteiger partial charge in [-0.05, 0) is 42.5 Å². The first-order valence-electron chi connectivity index (χ1n) is 6.72. The Morgan fingerprint density at radius 2 is 2.10 bits per heavy atom. The maximum absolute atomic E-state index is 4.77. The lowest BCUT2D eigenvalue weighted by molar-refractivity contribution is 0.943. The van der Waals surface area contributed by atoms with Crippen molar-refractivity contribution >= 4 is 22.8 Å². The number of aryl methyl sites for hydroxylation is 2. The number of hydrogen-bond donors (Lipinski definition) is 0. The lowest BCUT2D eigenvalue weighted by Crippen LogP contribution is -1.96. The topological polar surface area (TPSA) is 30.7 Å². The van der Waals surface area contributed by atoms with Crippen LogP contribution in [0.2, 0.25) is 0 Å². The predicted molar refractivity (Wildman–Crippen MR) is 85.1 cm³/mol. The zero-order chi connectivity index (χ0) is 14.1. The molecule has 0 saturated heterocycles. The molecule has 0 amide bonds. The van der Waals surface area contributed by atoms with Crippen molar-refractivity contribution in [3.05, 3.63) is 42.1 Å². The van der Waals surface area contributed by atoms with E-state index in [-0.39, 0.29) is 0 Å². The number of imidazole rings is 1. The van der Waals surface area contributed by atoms with Crippen LogP contribution >= 0.6 is 11.8 Å². The van der Waals surface area contributed by atoms with E-state index in [9.17, 15) is 0 Å². The first-order valence-corrected chi connectivity index (χ1v) is 7.70. The molecule has 0 aliphatic heterocycles. The fraction of sp³-hybridized carbons (Fsp3) is 0.250. The molecule has 0 radical (unpaired) electrons. The molecular weight excluding hydrogens is 266 g/mol. The third kappa shape index (κ3) is 2.20. The summed E-state index contributed by atoms with van der Waals surface area (Å²) in [7, 11) is 2.05. The standard InChI is InChI=1S/C16H17N3S/c1-4-20-14-6-5-9-17-15(14)16-18-12-10-11(2)7-8-13(12)19(16)3/h5-10H,4H2,1-3H3. The molecule has 3 rings (SSSR count). The number of hydrogen-bond acceptors (Lipinski definition) is 3. The molecule has 0 unspecified atom stereocenters. The Morgan fingerprint density at radius 3 is 2.90 bits per heavy atom. The second-order valence-electron chi connectivity index (χ2n) is 4.77. The Morgan fingerprint density at radius 1 is 1.25 bits per heavy atom. The van der Waals surface area contributed by atoms with Crippen LogP contribution in [-0.2, 0) is 7.05 Å². The molecule has 0 aliphatic rings. The van der Waals surface area contributed by atoms with E-state index in [0.29, 0.717) is 0 Å². The zero-order valence-corrected chi connectivity index (χ0v) is 12.7. The van der Waals surface area contributed by atoms with Crippen LogP contribution in [0.3, 0.4) is 0 Å². The number of fused-ring (bicyclic) bond motifs is 1. The van der Waals surface area contributed by atoms with Gasteiger partial charge in [0.2, 0.25) is 0 Å². The largest absolute Gasteiger partial charge is 0.326 e. The molecule has 0 fully saturated rings. The van der Waals surface area contributed by atoms with Crippen molar-refractivity contribution in [1.82, 2.24) is 14.5 Å². The summed E-state index contributed by atoms with van der Waals surface area (Å²) < 4.78 is 2.12. The predicted octanol–water partition coefficient (Wildman–Crippen LogP) is 4.06. The van der Waals surface area contributed by atoms with Gasteiger partial charge < -0.3 is 4.57 Å². The molecule has 20 heavy (non-hydrogen) atoms. The highest BCUT2D eigenvalue weighted by atomic mass is 32.2. The minimum atomic E-state index is 0.933. The third-order valence-electron chi connectivity index (χ3n) is 3.32. The zero-order valence-electron chi connectivity index (χ0n) is 11.9. The molecule has 0 N–H and O–H groups in total. The molecule has 2 aromatic heterocycles. The van der Waals surface area contributed by atoms with Crippen LogP contribution in [0.25, 0.3) is 22.6 Å². The maximum Gasteiger partial charge on any atom is 0.160 e. The van der Waals surface area contributed by atoms with E-state index < -0.39 is 0 Å². The van der Waals surface area contributed by atoms with E-state index in [2.05, 4.69) is 54.7 Å². The van der Waals surface area contributed by atoms with Crippen LogP contribution in [0.15, 0.2) is 41.4 Å². The van der Waals surface area contributed by atoms with Gasteiger partial charge in [0.05, 0.1) is 11.0 Å². The van der Waals surface area contributed by atoms with Gasteiger partial charge in [0.25, 0.3) is 0 Å². The van der Waals surface area contributed by atoms with Crippen LogP contribution in [0.4, 0.5) is 0 Å². The lowest BCUT2D eigenvalue weighted by atomic mass is 10.2. The molecule has 0 aliphatic carbocycles. The molecule has 0 spiro atoms. The van der Waals surface area contributed by atoms with E-state index >= 15 is 0 Å². The highest BCUT2D eigenvalue weighted by Gasteiger charge is 2.14. The monoisotopic (exact) mass is 283 g/mol. The molecule has 102 valence electrons. The Hall–Kier alpha value is -1.81. The summed E-state index contributed by atoms with van der Waals surface area (Å²) in [5, 5.41) is 0. The van der Waals surface area contributed by atoms with Crippen molar-refractivity contribution in [2.45, 2.75) is 18.7 Å². The van der Waals surface area contributed by atoms with Crippen LogP contribution in [0.1, 0.15) is 12.5 Å². The van der Waals surface area contributed by atoms with E-state index in [1.165, 1.54) is 10.5 Å². The summed E-state index contributed by atoms with van der Waals surface area (Å²) >= 11 is 1.80. The number of benzene rings is 1. The molecule has 2 heterocycles. The van der Waals surface area contributed by atoms with Gasteiger partial charge in [-0.2, -0.15) is 0 Å². The van der Waals surface area contributed by atoms with Crippen molar-refractivity contribution in [3.8, 4) is 11.5 Å². The van der Waals surface area contributed by atoms with Crippen molar-refractivity contribution in [1.29, 1.82) is 0 Å². The van der Waals surface area contributed by atoms with Gasteiger partial charge in [0.15, 0.2) is 5.82 Å². The number of rotatable bonds is 3. The SMILES string of the molecule is CCSc1cccnc1-c1nc2cc(C)ccc2n1C. The maximum atomic E-state index is 4.77. The first kappa shape index (κ1) is 13.2. The van der Waals surface area contributed by atoms with Crippen LogP contribution < -0.4 is 0 Å². The quantitative estimate of drug-likeness (QED) is 0.679. The molecule has 0 saturated carbocycles. The summed E-state index contributed by atoms with van der Waals surface area (Å²) in [5.74, 6) is 1.96. The van der Waals surface area contributed by atoms with E-state index in [4.69, 9.17) is 4.98 Å². The van der Waals surface area contributed by atoms with E-state index in [1.807, 2.05) is 12.3 Å². The summed E-state index contributed by atoms with van der Waals surface area (Å²) in [6.45, 7) is 4.24. The highest BCUT2D eigenvalue weighted by molar-refractivity contribution is 7.99. The van der Waals surface area contributed by atoms with Gasteiger partial charge in [0.1, 0.15) is 5.69 Å². The molecule has 1 aromatic carbocycles. The summed E-state index contributed by atoms with van der Waals surface area (Å²) in [5.41, 5.74) is 4.37. The Bertz CT molecular complexity index is 762. The molecular formula is C16H17N3S. The van der Waals surface area contributed by atoms with Gasteiger partial charge in [0, 0.05) is 18.1 Å². The number of aromatic nitrogens is 3. The van der Waals surface area contributed by atoms with Crippen molar-refractivity contribution < 1.29 is 0 Å². The molecule has 3 nitrogen and oxygen atoms in total. The normalized spacial score (nSPS) is 11.2. The Balaban J connectivity index is 2.22. The van der Waals surface area contributed by atoms with Gasteiger partial charge in [-0.15, -0.1) is 11.8 Å². The Kier molecular flexibility index (Phi) is 3.49. The van der Waals surface area contributed by atoms with E-state index in [1.54, 1.807) is 11.8 Å². The van der Waals surface area contributed by atoms with Gasteiger partial charge in [-0.1, -0.05) is 13.0 Å². The number of pyridine rings is 1. The van der Waals surface area contributed by atoms with Crippen LogP contribution in [-0.4, -0.2) is 20.3 Å². The fourth-order valence-electron chi connectivity index (χ4n) is 2.35. The number of thioether (sulfide) groups is 1. The van der Waals surface area contributed by atoms with Gasteiger partial charge in [-0.3, -0.25) is 4.98 Å². The van der Waals surface area contributed by atoms with Gasteiger partial charge >= 0.3 is 0 Å². The second-order valence-corrected chi connectivity index (χ2v) is 6.08. The minimum Gasteiger partial charge on any atom is -0.326 e. The van der Waals surface area contributed by atoms with Crippen molar-refractivity contribution in [2.75, 3.05) is 5.75 Å². The lowest BCUT2D eigenvalue weighted by Gasteiger charge is -2.06. The average molecular weight is 283 g/mol. The van der Waals surface area contributed by atoms with Crippen molar-refractivity contribution in [3.63, 3.8) is 0 Å². The van der Waals surface area contributed by atoms with Crippen molar-refractivity contribution in [2.24, 2.45) is 7.05 Å². The third-order valence-corrected chi connectivity index (χ3v) is 4.25. The minimum absolute atomic E-state index is 0.933. The second kappa shape index (κ2) is 5.29. The summed E-state index contributed by atoms with van der Waals surface area (Å²) in [6, 6.07) is 10.5. The van der Waals surface area contributed by atoms with Crippen LogP contribution in [0, 0.1) is 6.92 Å². The molecule has 0 bridgehead atoms. The number of nitrogens with zero attached hydrogens (tertiary/aromatic N) is 3. The molecule has 3 aromatic rings. The Labute approximate surface area is 123 Å². The summed E-state index contributed by atoms with van der Waals surface area (Å²) in [6.07, 6.45) is 1.83. The highest BCUT2D eigenvalue weighted by Crippen LogP contribution is 2.30. The average Bonchev–Trinajstić information content (AvgIpc) is 2.76. The summed E-state index contributed by atoms with van der Waals surface area (Å²) in [4.78, 5) is 10.5. The van der Waals surface area contributed by atoms with E-state index in [0.717, 1.165) is 28.3 Å². The molecule has 0 atom stereocenters. The fourth-order valence-corrected chi connectivity index (χ4v) is 3.12. The smallest absolute Gasteiger partial charge is 0.160 e. The van der Waals surface area contributed by atoms with Gasteiger partial charge in [-0.25, -0.2) is 4.98 Å². The first-order chi connectivity index (χ1) is 9.70. The molecule has 4 heteroatoms. The van der Waals surface area contributed by atoms with Crippen LogP contribution in [0.5, 0.6) is 0 Å².